The van der Waals surface area contributed by atoms with Gasteiger partial charge in [-0.3, -0.25) is 9.59 Å². The molecule has 0 aromatic heterocycles. The van der Waals surface area contributed by atoms with Crippen molar-refractivity contribution in [3.8, 4) is 0 Å². The first kappa shape index (κ1) is 30.9. The molecule has 1 rings (SSSR count). The lowest BCUT2D eigenvalue weighted by Crippen LogP contribution is -2.54. The molecule has 0 bridgehead atoms. The van der Waals surface area contributed by atoms with Crippen molar-refractivity contribution in [1.82, 2.24) is 5.32 Å². The fraction of sp³-hybridized carbons (Fsp3) is 0.667. The Kier molecular flexibility index (Phi) is 11.7. The average molecular weight is 488 g/mol. The second kappa shape index (κ2) is 13.2. The fourth-order valence-corrected chi connectivity index (χ4v) is 4.37. The van der Waals surface area contributed by atoms with Crippen molar-refractivity contribution in [3.63, 3.8) is 0 Å². The largest absolute Gasteiger partial charge is 0.486 e. The minimum absolute atomic E-state index is 0.0840. The minimum atomic E-state index is -1.10. The summed E-state index contributed by atoms with van der Waals surface area (Å²) in [4.78, 5) is 25.6. The average Bonchev–Trinajstić information content (AvgIpc) is 2.72. The molecule has 0 aliphatic rings. The van der Waals surface area contributed by atoms with Crippen LogP contribution in [0.3, 0.4) is 0 Å². The molecule has 1 N–H and O–H groups in total. The topological polar surface area (TPSA) is 64.6 Å². The zero-order chi connectivity index (χ0) is 27.0. The molecule has 4 atom stereocenters. The first-order chi connectivity index (χ1) is 16.1. The van der Waals surface area contributed by atoms with Gasteiger partial charge in [-0.25, -0.2) is 0 Å². The highest BCUT2D eigenvalue weighted by Crippen LogP contribution is 2.34. The maximum atomic E-state index is 13.9. The lowest BCUT2D eigenvalue weighted by atomic mass is 9.79. The van der Waals surface area contributed by atoms with Gasteiger partial charge in [0.1, 0.15) is 11.4 Å². The lowest BCUT2D eigenvalue weighted by Gasteiger charge is -2.40. The number of benzene rings is 1. The highest BCUT2D eigenvalue weighted by molar-refractivity contribution is 5.85. The Hall–Kier alpha value is -2.14. The van der Waals surface area contributed by atoms with E-state index in [1.165, 1.54) is 6.92 Å². The lowest BCUT2D eigenvalue weighted by molar-refractivity contribution is -0.163. The summed E-state index contributed by atoms with van der Waals surface area (Å²) in [5.74, 6) is 0.909. The molecule has 35 heavy (non-hydrogen) atoms. The Morgan fingerprint density at radius 1 is 0.971 bits per heavy atom. The molecule has 0 radical (unpaired) electrons. The molecule has 5 nitrogen and oxygen atoms in total. The number of nitrogens with one attached hydrogen (secondary N) is 1. The standard InChI is InChI=1S/C30H49NO4/c1-20(2)17-27(24(7)34-23(6)22(5)32)31-28(33)30(11,19-26-15-13-12-14-16-26)35-25(8)29(9,10)18-21(3)4/h12-16,20-21,23,25,27H,7,17-19H2,1-6,8-11H3,(H,31,33)/t23-,25?,27+,30-/m1/s1. The Morgan fingerprint density at radius 3 is 2.03 bits per heavy atom. The zero-order valence-corrected chi connectivity index (χ0v) is 23.7. The van der Waals surface area contributed by atoms with E-state index in [0.29, 0.717) is 30.4 Å². The number of rotatable bonds is 15. The number of ketones is 1. The highest BCUT2D eigenvalue weighted by atomic mass is 16.5. The van der Waals surface area contributed by atoms with Gasteiger partial charge < -0.3 is 14.8 Å². The van der Waals surface area contributed by atoms with Gasteiger partial charge in [-0.2, -0.15) is 0 Å². The molecule has 0 heterocycles. The van der Waals surface area contributed by atoms with Crippen LogP contribution < -0.4 is 5.32 Å². The van der Waals surface area contributed by atoms with E-state index in [1.807, 2.05) is 37.3 Å². The van der Waals surface area contributed by atoms with Crippen molar-refractivity contribution in [3.05, 3.63) is 48.2 Å². The summed E-state index contributed by atoms with van der Waals surface area (Å²) in [6.07, 6.45) is 1.31. The van der Waals surface area contributed by atoms with Gasteiger partial charge in [0, 0.05) is 6.42 Å². The predicted molar refractivity (Wildman–Crippen MR) is 144 cm³/mol. The molecule has 0 saturated carbocycles. The van der Waals surface area contributed by atoms with Crippen molar-refractivity contribution < 1.29 is 19.1 Å². The van der Waals surface area contributed by atoms with Gasteiger partial charge in [0.25, 0.3) is 5.91 Å². The third-order valence-electron chi connectivity index (χ3n) is 6.64. The number of hydrogen-bond donors (Lipinski definition) is 1. The van der Waals surface area contributed by atoms with E-state index in [4.69, 9.17) is 9.47 Å². The summed E-state index contributed by atoms with van der Waals surface area (Å²) in [7, 11) is 0. The van der Waals surface area contributed by atoms with Gasteiger partial charge in [0.05, 0.1) is 12.1 Å². The first-order valence-electron chi connectivity index (χ1n) is 13.0. The van der Waals surface area contributed by atoms with Crippen LogP contribution in [-0.4, -0.2) is 35.5 Å². The maximum absolute atomic E-state index is 13.9. The first-order valence-corrected chi connectivity index (χ1v) is 13.0. The third-order valence-corrected chi connectivity index (χ3v) is 6.64. The number of ether oxygens (including phenoxy) is 2. The molecule has 5 heteroatoms. The van der Waals surface area contributed by atoms with E-state index >= 15 is 0 Å². The van der Waals surface area contributed by atoms with Crippen molar-refractivity contribution in [2.75, 3.05) is 0 Å². The Bertz CT molecular complexity index is 830. The molecule has 0 aliphatic carbocycles. The van der Waals surface area contributed by atoms with E-state index in [9.17, 15) is 9.59 Å². The Morgan fingerprint density at radius 2 is 1.54 bits per heavy atom. The molecule has 0 spiro atoms. The summed E-state index contributed by atoms with van der Waals surface area (Å²) in [6.45, 7) is 24.1. The van der Waals surface area contributed by atoms with Crippen molar-refractivity contribution in [1.29, 1.82) is 0 Å². The van der Waals surface area contributed by atoms with Crippen molar-refractivity contribution in [2.45, 2.75) is 112 Å². The quantitative estimate of drug-likeness (QED) is 0.287. The third kappa shape index (κ3) is 10.2. The Labute approximate surface area is 214 Å². The number of hydrogen-bond acceptors (Lipinski definition) is 4. The van der Waals surface area contributed by atoms with Crippen LogP contribution in [0.4, 0.5) is 0 Å². The molecule has 1 aromatic rings. The van der Waals surface area contributed by atoms with Gasteiger partial charge in [0.15, 0.2) is 11.9 Å². The van der Waals surface area contributed by atoms with Gasteiger partial charge in [-0.1, -0.05) is 78.5 Å². The SMILES string of the molecule is C=C(O[C@H](C)C(C)=O)[C@H](CC(C)C)NC(=O)[C@@](C)(Cc1ccccc1)OC(C)C(C)(C)CC(C)C. The smallest absolute Gasteiger partial charge is 0.252 e. The summed E-state index contributed by atoms with van der Waals surface area (Å²) < 4.78 is 12.4. The van der Waals surface area contributed by atoms with Crippen LogP contribution in [0, 0.1) is 17.3 Å². The molecule has 0 aliphatic heterocycles. The molecule has 1 amide bonds. The zero-order valence-electron chi connectivity index (χ0n) is 23.7. The second-order valence-corrected chi connectivity index (χ2v) is 11.7. The normalized spacial score (nSPS) is 16.3. The van der Waals surface area contributed by atoms with E-state index < -0.39 is 17.7 Å². The number of carbonyl (C=O) groups is 2. The van der Waals surface area contributed by atoms with Gasteiger partial charge in [-0.05, 0) is 63.4 Å². The number of carbonyl (C=O) groups excluding carboxylic acids is 2. The van der Waals surface area contributed by atoms with Crippen LogP contribution in [-0.2, 0) is 25.5 Å². The van der Waals surface area contributed by atoms with Crippen LogP contribution in [0.15, 0.2) is 42.7 Å². The van der Waals surface area contributed by atoms with Gasteiger partial charge in [-0.15, -0.1) is 0 Å². The summed E-state index contributed by atoms with van der Waals surface area (Å²) >= 11 is 0. The van der Waals surface area contributed by atoms with E-state index in [0.717, 1.165) is 12.0 Å². The molecule has 1 aromatic carbocycles. The van der Waals surface area contributed by atoms with Crippen molar-refractivity contribution >= 4 is 11.7 Å². The number of amides is 1. The van der Waals surface area contributed by atoms with Crippen LogP contribution >= 0.6 is 0 Å². The summed E-state index contributed by atoms with van der Waals surface area (Å²) in [6, 6.07) is 9.51. The number of Topliss-reactive ketones (excluding diaryl/α,β-unsaturated/α-hetero) is 1. The summed E-state index contributed by atoms with van der Waals surface area (Å²) in [5.41, 5.74) is -0.177. The monoisotopic (exact) mass is 487 g/mol. The van der Waals surface area contributed by atoms with Gasteiger partial charge in [0.2, 0.25) is 0 Å². The molecular weight excluding hydrogens is 438 g/mol. The maximum Gasteiger partial charge on any atom is 0.252 e. The molecule has 0 saturated heterocycles. The molecular formula is C30H49NO4. The molecule has 1 unspecified atom stereocenters. The van der Waals surface area contributed by atoms with Crippen LogP contribution in [0.25, 0.3) is 0 Å². The fourth-order valence-electron chi connectivity index (χ4n) is 4.37. The van der Waals surface area contributed by atoms with Crippen LogP contribution in [0.5, 0.6) is 0 Å². The Balaban J connectivity index is 3.24. The van der Waals surface area contributed by atoms with E-state index in [2.05, 4.69) is 60.4 Å². The predicted octanol–water partition coefficient (Wildman–Crippen LogP) is 6.50. The van der Waals surface area contributed by atoms with E-state index in [1.54, 1.807) is 6.92 Å². The highest BCUT2D eigenvalue weighted by Gasteiger charge is 2.41. The van der Waals surface area contributed by atoms with Crippen LogP contribution in [0.2, 0.25) is 0 Å². The molecule has 0 fully saturated rings. The minimum Gasteiger partial charge on any atom is -0.486 e. The van der Waals surface area contributed by atoms with Crippen LogP contribution in [0.1, 0.15) is 87.6 Å². The van der Waals surface area contributed by atoms with E-state index in [-0.39, 0.29) is 23.2 Å². The second-order valence-electron chi connectivity index (χ2n) is 11.7. The van der Waals surface area contributed by atoms with Crippen molar-refractivity contribution in [2.24, 2.45) is 17.3 Å². The van der Waals surface area contributed by atoms with Gasteiger partial charge >= 0.3 is 0 Å². The molecule has 198 valence electrons. The summed E-state index contributed by atoms with van der Waals surface area (Å²) in [5, 5.41) is 3.15.